The Kier molecular flexibility index (Phi) is 5.67. The maximum atomic E-state index is 11.9. The summed E-state index contributed by atoms with van der Waals surface area (Å²) in [5, 5.41) is 0. The second-order valence-corrected chi connectivity index (χ2v) is 10.5. The van der Waals surface area contributed by atoms with Gasteiger partial charge in [-0.05, 0) is 36.0 Å². The van der Waals surface area contributed by atoms with Crippen LogP contribution in [0, 0.1) is 6.92 Å². The molecule has 0 aromatic heterocycles. The maximum absolute atomic E-state index is 11.9. The van der Waals surface area contributed by atoms with Crippen LogP contribution in [0.1, 0.15) is 38.3 Å². The molecule has 0 aliphatic rings. The van der Waals surface area contributed by atoms with Crippen molar-refractivity contribution in [2.75, 3.05) is 17.8 Å². The lowest BCUT2D eigenvalue weighted by atomic mass is 9.86. The van der Waals surface area contributed by atoms with Crippen molar-refractivity contribution in [1.82, 2.24) is 0 Å². The van der Waals surface area contributed by atoms with Crippen molar-refractivity contribution >= 4 is 20.0 Å². The van der Waals surface area contributed by atoms with E-state index in [0.29, 0.717) is 0 Å². The smallest absolute Gasteiger partial charge is 0.309 e. The SMILES string of the molecule is Cc1cc(C(C)(C)C)ccc1OS(=O)(=O)CCCS(C)(=O)=O. The van der Waals surface area contributed by atoms with Crippen molar-refractivity contribution in [3.8, 4) is 5.75 Å². The summed E-state index contributed by atoms with van der Waals surface area (Å²) in [7, 11) is -6.96. The molecule has 126 valence electrons. The molecule has 0 fully saturated rings. The number of sulfone groups is 1. The van der Waals surface area contributed by atoms with Crippen molar-refractivity contribution in [3.63, 3.8) is 0 Å². The number of benzene rings is 1. The molecule has 0 saturated heterocycles. The van der Waals surface area contributed by atoms with Gasteiger partial charge in [0.05, 0.1) is 11.5 Å². The van der Waals surface area contributed by atoms with E-state index in [-0.39, 0.29) is 29.1 Å². The van der Waals surface area contributed by atoms with Crippen LogP contribution in [0.5, 0.6) is 5.75 Å². The first-order valence-corrected chi connectivity index (χ1v) is 10.6. The third-order valence-corrected chi connectivity index (χ3v) is 5.42. The minimum atomic E-state index is -3.79. The molecule has 0 heterocycles. The lowest BCUT2D eigenvalue weighted by Gasteiger charge is -2.20. The molecule has 0 bridgehead atoms. The van der Waals surface area contributed by atoms with Crippen LogP contribution in [0.2, 0.25) is 0 Å². The van der Waals surface area contributed by atoms with E-state index in [1.54, 1.807) is 13.0 Å². The molecule has 0 spiro atoms. The van der Waals surface area contributed by atoms with Gasteiger partial charge in [-0.25, -0.2) is 8.42 Å². The molecule has 0 aliphatic heterocycles. The number of hydrogen-bond acceptors (Lipinski definition) is 5. The molecular weight excluding hydrogens is 324 g/mol. The zero-order valence-corrected chi connectivity index (χ0v) is 15.3. The highest BCUT2D eigenvalue weighted by atomic mass is 32.2. The Balaban J connectivity index is 2.82. The molecule has 0 atom stereocenters. The van der Waals surface area contributed by atoms with E-state index in [9.17, 15) is 16.8 Å². The summed E-state index contributed by atoms with van der Waals surface area (Å²) in [6.07, 6.45) is 1.11. The van der Waals surface area contributed by atoms with Crippen LogP contribution in [-0.2, 0) is 25.4 Å². The topological polar surface area (TPSA) is 77.5 Å². The zero-order valence-electron chi connectivity index (χ0n) is 13.7. The molecule has 0 radical (unpaired) electrons. The molecular formula is C15H24O5S2. The third-order valence-electron chi connectivity index (χ3n) is 3.17. The predicted molar refractivity (Wildman–Crippen MR) is 88.6 cm³/mol. The Morgan fingerprint density at radius 3 is 2.09 bits per heavy atom. The van der Waals surface area contributed by atoms with Crippen LogP contribution in [-0.4, -0.2) is 34.6 Å². The van der Waals surface area contributed by atoms with Gasteiger partial charge in [0.1, 0.15) is 15.6 Å². The lowest BCUT2D eigenvalue weighted by Crippen LogP contribution is -2.17. The van der Waals surface area contributed by atoms with Gasteiger partial charge in [0, 0.05) is 6.26 Å². The first-order valence-electron chi connectivity index (χ1n) is 7.01. The standard InChI is InChI=1S/C15H24O5S2/c1-12-11-13(15(2,3)4)7-8-14(12)20-22(18,19)10-6-9-21(5,16)17/h7-8,11H,6,9-10H2,1-5H3. The minimum Gasteiger partial charge on any atom is -0.382 e. The maximum Gasteiger partial charge on any atom is 0.309 e. The molecule has 0 amide bonds. The first-order chi connectivity index (χ1) is 9.80. The summed E-state index contributed by atoms with van der Waals surface area (Å²) in [5.74, 6) is -0.203. The first kappa shape index (κ1) is 19.0. The summed E-state index contributed by atoms with van der Waals surface area (Å²) < 4.78 is 50.9. The summed E-state index contributed by atoms with van der Waals surface area (Å²) in [6.45, 7) is 8.01. The van der Waals surface area contributed by atoms with E-state index in [4.69, 9.17) is 4.18 Å². The lowest BCUT2D eigenvalue weighted by molar-refractivity contribution is 0.482. The largest absolute Gasteiger partial charge is 0.382 e. The van der Waals surface area contributed by atoms with Gasteiger partial charge in [-0.15, -0.1) is 0 Å². The van der Waals surface area contributed by atoms with Crippen LogP contribution >= 0.6 is 0 Å². The monoisotopic (exact) mass is 348 g/mol. The Labute approximate surface area is 133 Å². The van der Waals surface area contributed by atoms with Gasteiger partial charge in [0.25, 0.3) is 0 Å². The summed E-state index contributed by atoms with van der Waals surface area (Å²) >= 11 is 0. The fraction of sp³-hybridized carbons (Fsp3) is 0.600. The van der Waals surface area contributed by atoms with Gasteiger partial charge in [0.2, 0.25) is 0 Å². The highest BCUT2D eigenvalue weighted by Gasteiger charge is 2.18. The van der Waals surface area contributed by atoms with E-state index in [1.807, 2.05) is 12.1 Å². The van der Waals surface area contributed by atoms with Crippen LogP contribution in [0.15, 0.2) is 18.2 Å². The van der Waals surface area contributed by atoms with Gasteiger partial charge in [0.15, 0.2) is 0 Å². The highest BCUT2D eigenvalue weighted by Crippen LogP contribution is 2.28. The van der Waals surface area contributed by atoms with Crippen molar-refractivity contribution < 1.29 is 21.0 Å². The number of hydrogen-bond donors (Lipinski definition) is 0. The summed E-state index contributed by atoms with van der Waals surface area (Å²) in [4.78, 5) is 0. The highest BCUT2D eigenvalue weighted by molar-refractivity contribution is 7.90. The van der Waals surface area contributed by atoms with Gasteiger partial charge in [-0.1, -0.05) is 32.9 Å². The Morgan fingerprint density at radius 2 is 1.64 bits per heavy atom. The minimum absolute atomic E-state index is 0.0281. The molecule has 0 saturated carbocycles. The van der Waals surface area contributed by atoms with Crippen LogP contribution in [0.25, 0.3) is 0 Å². The van der Waals surface area contributed by atoms with Crippen LogP contribution in [0.3, 0.4) is 0 Å². The fourth-order valence-electron chi connectivity index (χ4n) is 1.89. The molecule has 0 unspecified atom stereocenters. The van der Waals surface area contributed by atoms with E-state index in [2.05, 4.69) is 20.8 Å². The second-order valence-electron chi connectivity index (χ2n) is 6.56. The van der Waals surface area contributed by atoms with E-state index in [1.165, 1.54) is 0 Å². The van der Waals surface area contributed by atoms with Gasteiger partial charge in [-0.3, -0.25) is 0 Å². The Bertz CT molecular complexity index is 726. The quantitative estimate of drug-likeness (QED) is 0.738. The molecule has 1 aromatic rings. The molecule has 0 N–H and O–H groups in total. The van der Waals surface area contributed by atoms with Crippen molar-refractivity contribution in [3.05, 3.63) is 29.3 Å². The van der Waals surface area contributed by atoms with Gasteiger partial charge < -0.3 is 4.18 Å². The number of aryl methyl sites for hydroxylation is 1. The summed E-state index contributed by atoms with van der Waals surface area (Å²) in [5.41, 5.74) is 1.79. The summed E-state index contributed by atoms with van der Waals surface area (Å²) in [6, 6.07) is 5.39. The van der Waals surface area contributed by atoms with Crippen LogP contribution < -0.4 is 4.18 Å². The predicted octanol–water partition coefficient (Wildman–Crippen LogP) is 2.44. The second kappa shape index (κ2) is 6.58. The number of rotatable bonds is 6. The molecule has 1 rings (SSSR count). The molecule has 0 aliphatic carbocycles. The molecule has 1 aromatic carbocycles. The molecule has 22 heavy (non-hydrogen) atoms. The Morgan fingerprint density at radius 1 is 1.05 bits per heavy atom. The van der Waals surface area contributed by atoms with Crippen molar-refractivity contribution in [2.24, 2.45) is 0 Å². The van der Waals surface area contributed by atoms with Crippen molar-refractivity contribution in [2.45, 2.75) is 39.5 Å². The van der Waals surface area contributed by atoms with Crippen molar-refractivity contribution in [1.29, 1.82) is 0 Å². The third kappa shape index (κ3) is 6.36. The molecule has 5 nitrogen and oxygen atoms in total. The Hall–Kier alpha value is -1.08. The van der Waals surface area contributed by atoms with E-state index in [0.717, 1.165) is 17.4 Å². The fourth-order valence-corrected chi connectivity index (χ4v) is 3.78. The molecule has 7 heteroatoms. The van der Waals surface area contributed by atoms with Crippen LogP contribution in [0.4, 0.5) is 0 Å². The average molecular weight is 348 g/mol. The van der Waals surface area contributed by atoms with E-state index >= 15 is 0 Å². The van der Waals surface area contributed by atoms with Gasteiger partial charge in [-0.2, -0.15) is 8.42 Å². The van der Waals surface area contributed by atoms with Gasteiger partial charge >= 0.3 is 10.1 Å². The average Bonchev–Trinajstić information content (AvgIpc) is 2.28. The van der Waals surface area contributed by atoms with E-state index < -0.39 is 20.0 Å². The normalized spacial score (nSPS) is 13.1. The zero-order chi connectivity index (χ0) is 17.2.